The van der Waals surface area contributed by atoms with Gasteiger partial charge in [0.15, 0.2) is 0 Å². The van der Waals surface area contributed by atoms with Gasteiger partial charge in [0.2, 0.25) is 0 Å². The van der Waals surface area contributed by atoms with E-state index in [2.05, 4.69) is 6.07 Å². The number of carbonyl (C=O) groups excluding carboxylic acids is 1. The molecule has 0 aromatic heterocycles. The van der Waals surface area contributed by atoms with Crippen molar-refractivity contribution in [3.05, 3.63) is 35.4 Å². The standard InChI is InChI=1S/C24H27NO5/c1-6-25-18-11-14-9-10-15(27-4)12-16(14)19-20(18)21(24(25)26)23(30-8-3)17(13-29-7-2)22(19)28-5/h9-12H,6-8,13H2,1-5H3. The van der Waals surface area contributed by atoms with Crippen molar-refractivity contribution in [1.29, 1.82) is 0 Å². The van der Waals surface area contributed by atoms with Crippen LogP contribution in [0.3, 0.4) is 0 Å². The van der Waals surface area contributed by atoms with E-state index in [4.69, 9.17) is 18.9 Å². The summed E-state index contributed by atoms with van der Waals surface area (Å²) in [6.07, 6.45) is 0. The van der Waals surface area contributed by atoms with Crippen LogP contribution in [0, 0.1) is 0 Å². The second-order valence-corrected chi connectivity index (χ2v) is 7.07. The molecule has 1 aliphatic rings. The molecule has 0 saturated carbocycles. The highest BCUT2D eigenvalue weighted by atomic mass is 16.5. The molecule has 30 heavy (non-hydrogen) atoms. The molecular weight excluding hydrogens is 382 g/mol. The van der Waals surface area contributed by atoms with Crippen LogP contribution in [-0.4, -0.2) is 39.9 Å². The Morgan fingerprint density at radius 1 is 0.933 bits per heavy atom. The largest absolute Gasteiger partial charge is 0.497 e. The number of carbonyl (C=O) groups is 1. The molecule has 0 N–H and O–H groups in total. The lowest BCUT2D eigenvalue weighted by Crippen LogP contribution is -2.26. The van der Waals surface area contributed by atoms with E-state index < -0.39 is 0 Å². The zero-order valence-corrected chi connectivity index (χ0v) is 18.1. The predicted molar refractivity (Wildman–Crippen MR) is 118 cm³/mol. The summed E-state index contributed by atoms with van der Waals surface area (Å²) in [5.41, 5.74) is 2.23. The van der Waals surface area contributed by atoms with Crippen molar-refractivity contribution < 1.29 is 23.7 Å². The molecule has 0 spiro atoms. The van der Waals surface area contributed by atoms with Crippen LogP contribution in [0.1, 0.15) is 36.7 Å². The van der Waals surface area contributed by atoms with Gasteiger partial charge < -0.3 is 23.8 Å². The Morgan fingerprint density at radius 3 is 2.37 bits per heavy atom. The lowest BCUT2D eigenvalue weighted by atomic mass is 9.94. The topological polar surface area (TPSA) is 57.2 Å². The van der Waals surface area contributed by atoms with Gasteiger partial charge in [0, 0.05) is 23.9 Å². The summed E-state index contributed by atoms with van der Waals surface area (Å²) in [4.78, 5) is 15.3. The Morgan fingerprint density at radius 2 is 1.73 bits per heavy atom. The van der Waals surface area contributed by atoms with Gasteiger partial charge >= 0.3 is 0 Å². The highest BCUT2D eigenvalue weighted by molar-refractivity contribution is 6.32. The van der Waals surface area contributed by atoms with Gasteiger partial charge in [-0.05, 0) is 49.7 Å². The molecule has 6 heteroatoms. The molecule has 0 fully saturated rings. The molecule has 6 nitrogen and oxygen atoms in total. The van der Waals surface area contributed by atoms with Crippen molar-refractivity contribution in [2.45, 2.75) is 27.4 Å². The minimum absolute atomic E-state index is 0.0522. The zero-order chi connectivity index (χ0) is 21.4. The minimum Gasteiger partial charge on any atom is -0.497 e. The van der Waals surface area contributed by atoms with Crippen LogP contribution in [0.15, 0.2) is 24.3 Å². The van der Waals surface area contributed by atoms with Crippen LogP contribution in [-0.2, 0) is 11.3 Å². The Hall–Kier alpha value is -2.99. The number of fused-ring (bicyclic) bond motifs is 2. The summed E-state index contributed by atoms with van der Waals surface area (Å²) in [7, 11) is 3.30. The SMILES string of the molecule is CCOCc1c(OCC)c2c3c(cc4ccc(OC)cc4c3c1OC)N(CC)C2=O. The summed E-state index contributed by atoms with van der Waals surface area (Å²) in [5.74, 6) is 1.93. The lowest BCUT2D eigenvalue weighted by molar-refractivity contribution is 0.0989. The summed E-state index contributed by atoms with van der Waals surface area (Å²) < 4.78 is 23.2. The number of hydrogen-bond donors (Lipinski definition) is 0. The van der Waals surface area contributed by atoms with Crippen molar-refractivity contribution in [3.8, 4) is 17.2 Å². The van der Waals surface area contributed by atoms with E-state index in [1.54, 1.807) is 19.1 Å². The maximum atomic E-state index is 13.5. The third-order valence-electron chi connectivity index (χ3n) is 5.59. The molecular formula is C24H27NO5. The monoisotopic (exact) mass is 409 g/mol. The quantitative estimate of drug-likeness (QED) is 0.494. The van der Waals surface area contributed by atoms with Gasteiger partial charge in [0.25, 0.3) is 5.91 Å². The van der Waals surface area contributed by atoms with Gasteiger partial charge in [-0.2, -0.15) is 0 Å². The summed E-state index contributed by atoms with van der Waals surface area (Å²) in [6.45, 7) is 7.69. The van der Waals surface area contributed by atoms with Gasteiger partial charge in [-0.15, -0.1) is 0 Å². The summed E-state index contributed by atoms with van der Waals surface area (Å²) in [5, 5.41) is 3.74. The molecule has 3 aromatic rings. The van der Waals surface area contributed by atoms with Crippen molar-refractivity contribution >= 4 is 33.1 Å². The second kappa shape index (κ2) is 8.03. The maximum absolute atomic E-state index is 13.5. The Bertz CT molecular complexity index is 1140. The van der Waals surface area contributed by atoms with Crippen LogP contribution < -0.4 is 19.1 Å². The molecule has 0 unspecified atom stereocenters. The van der Waals surface area contributed by atoms with E-state index in [9.17, 15) is 4.79 Å². The fraction of sp³-hybridized carbons (Fsp3) is 0.375. The summed E-state index contributed by atoms with van der Waals surface area (Å²) >= 11 is 0. The Kier molecular flexibility index (Phi) is 5.43. The number of methoxy groups -OCH3 is 2. The fourth-order valence-electron chi connectivity index (χ4n) is 4.33. The van der Waals surface area contributed by atoms with Gasteiger partial charge in [-0.25, -0.2) is 0 Å². The van der Waals surface area contributed by atoms with Crippen LogP contribution in [0.5, 0.6) is 17.2 Å². The van der Waals surface area contributed by atoms with Gasteiger partial charge in [0.1, 0.15) is 17.2 Å². The summed E-state index contributed by atoms with van der Waals surface area (Å²) in [6, 6.07) is 7.99. The molecule has 0 bridgehead atoms. The average molecular weight is 409 g/mol. The molecule has 1 heterocycles. The number of rotatable bonds is 8. The van der Waals surface area contributed by atoms with Crippen LogP contribution in [0.2, 0.25) is 0 Å². The van der Waals surface area contributed by atoms with E-state index in [1.165, 1.54) is 0 Å². The third-order valence-corrected chi connectivity index (χ3v) is 5.59. The van der Waals surface area contributed by atoms with Crippen molar-refractivity contribution in [2.24, 2.45) is 0 Å². The smallest absolute Gasteiger partial charge is 0.262 e. The maximum Gasteiger partial charge on any atom is 0.262 e. The second-order valence-electron chi connectivity index (χ2n) is 7.07. The zero-order valence-electron chi connectivity index (χ0n) is 18.1. The molecule has 3 aromatic carbocycles. The normalized spacial score (nSPS) is 12.8. The van der Waals surface area contributed by atoms with Gasteiger partial charge in [0.05, 0.1) is 44.2 Å². The Balaban J connectivity index is 2.23. The molecule has 0 radical (unpaired) electrons. The number of anilines is 1. The van der Waals surface area contributed by atoms with E-state index in [0.29, 0.717) is 43.4 Å². The van der Waals surface area contributed by atoms with E-state index in [1.807, 2.05) is 39.0 Å². The predicted octanol–water partition coefficient (Wildman–Crippen LogP) is 4.93. The average Bonchev–Trinajstić information content (AvgIpc) is 3.04. The van der Waals surface area contributed by atoms with E-state index in [-0.39, 0.29) is 5.91 Å². The number of hydrogen-bond acceptors (Lipinski definition) is 5. The van der Waals surface area contributed by atoms with Crippen molar-refractivity contribution in [3.63, 3.8) is 0 Å². The van der Waals surface area contributed by atoms with Crippen molar-refractivity contribution in [1.82, 2.24) is 0 Å². The highest BCUT2D eigenvalue weighted by Gasteiger charge is 2.37. The molecule has 0 saturated heterocycles. The first-order valence-electron chi connectivity index (χ1n) is 10.3. The molecule has 0 atom stereocenters. The molecule has 0 aliphatic carbocycles. The third kappa shape index (κ3) is 2.86. The van der Waals surface area contributed by atoms with E-state index >= 15 is 0 Å². The molecule has 4 rings (SSSR count). The first kappa shape index (κ1) is 20.3. The fourth-order valence-corrected chi connectivity index (χ4v) is 4.33. The number of ether oxygens (including phenoxy) is 4. The van der Waals surface area contributed by atoms with E-state index in [0.717, 1.165) is 38.5 Å². The lowest BCUT2D eigenvalue weighted by Gasteiger charge is -2.20. The van der Waals surface area contributed by atoms with Crippen molar-refractivity contribution in [2.75, 3.05) is 38.9 Å². The first-order valence-corrected chi connectivity index (χ1v) is 10.3. The van der Waals surface area contributed by atoms with Crippen LogP contribution in [0.25, 0.3) is 21.5 Å². The minimum atomic E-state index is -0.0522. The molecule has 1 amide bonds. The Labute approximate surface area is 176 Å². The first-order chi connectivity index (χ1) is 14.6. The van der Waals surface area contributed by atoms with Gasteiger partial charge in [-0.1, -0.05) is 6.07 Å². The molecule has 158 valence electrons. The van der Waals surface area contributed by atoms with Crippen LogP contribution in [0.4, 0.5) is 5.69 Å². The van der Waals surface area contributed by atoms with Crippen LogP contribution >= 0.6 is 0 Å². The number of amides is 1. The number of nitrogens with zero attached hydrogens (tertiary/aromatic N) is 1. The molecule has 1 aliphatic heterocycles. The number of benzene rings is 3. The van der Waals surface area contributed by atoms with Gasteiger partial charge in [-0.3, -0.25) is 4.79 Å². The highest BCUT2D eigenvalue weighted by Crippen LogP contribution is 2.52.